The molecule has 17 heavy (non-hydrogen) atoms. The van der Waals surface area contributed by atoms with E-state index in [1.807, 2.05) is 11.4 Å². The average Bonchev–Trinajstić information content (AvgIpc) is 2.79. The van der Waals surface area contributed by atoms with Crippen molar-refractivity contribution in [3.05, 3.63) is 40.0 Å². The molecule has 0 saturated heterocycles. The van der Waals surface area contributed by atoms with E-state index in [1.54, 1.807) is 24.3 Å². The Bertz CT molecular complexity index is 508. The van der Waals surface area contributed by atoms with Gasteiger partial charge in [0.25, 0.3) is 0 Å². The van der Waals surface area contributed by atoms with Crippen LogP contribution in [-0.4, -0.2) is 11.5 Å². The van der Waals surface area contributed by atoms with E-state index in [4.69, 9.17) is 5.73 Å². The van der Waals surface area contributed by atoms with Crippen LogP contribution in [0.25, 0.3) is 11.3 Å². The number of thiazole rings is 1. The highest BCUT2D eigenvalue weighted by molar-refractivity contribution is 7.09. The summed E-state index contributed by atoms with van der Waals surface area (Å²) in [5, 5.41) is 3.03. The van der Waals surface area contributed by atoms with Gasteiger partial charge in [0.1, 0.15) is 5.82 Å². The van der Waals surface area contributed by atoms with Crippen LogP contribution in [0, 0.1) is 12.7 Å². The lowest BCUT2D eigenvalue weighted by Gasteiger charge is -1.99. The molecule has 2 rings (SSSR count). The van der Waals surface area contributed by atoms with Gasteiger partial charge in [-0.3, -0.25) is 0 Å². The Kier molecular flexibility index (Phi) is 3.86. The second-order valence-electron chi connectivity index (χ2n) is 3.98. The highest BCUT2D eigenvalue weighted by Crippen LogP contribution is 2.24. The number of aryl methyl sites for hydroxylation is 2. The van der Waals surface area contributed by atoms with Crippen molar-refractivity contribution < 1.29 is 4.39 Å². The summed E-state index contributed by atoms with van der Waals surface area (Å²) in [6.45, 7) is 2.43. The lowest BCUT2D eigenvalue weighted by molar-refractivity contribution is 0.619. The molecule has 0 aliphatic rings. The summed E-state index contributed by atoms with van der Waals surface area (Å²) >= 11 is 1.61. The molecular weight excluding hydrogens is 235 g/mol. The minimum absolute atomic E-state index is 0.181. The van der Waals surface area contributed by atoms with E-state index in [1.165, 1.54) is 6.07 Å². The zero-order valence-corrected chi connectivity index (χ0v) is 10.6. The molecule has 0 saturated carbocycles. The first kappa shape index (κ1) is 12.2. The molecule has 0 radical (unpaired) electrons. The van der Waals surface area contributed by atoms with E-state index in [9.17, 15) is 4.39 Å². The van der Waals surface area contributed by atoms with Gasteiger partial charge in [-0.15, -0.1) is 11.3 Å². The van der Waals surface area contributed by atoms with Crippen molar-refractivity contribution in [3.63, 3.8) is 0 Å². The third kappa shape index (κ3) is 2.90. The molecule has 1 aromatic carbocycles. The number of halogens is 1. The molecule has 0 aliphatic heterocycles. The fourth-order valence-electron chi connectivity index (χ4n) is 1.56. The molecule has 0 spiro atoms. The van der Waals surface area contributed by atoms with E-state index < -0.39 is 0 Å². The van der Waals surface area contributed by atoms with Crippen molar-refractivity contribution in [1.82, 2.24) is 4.98 Å². The summed E-state index contributed by atoms with van der Waals surface area (Å²) < 4.78 is 13.4. The highest BCUT2D eigenvalue weighted by Gasteiger charge is 2.06. The van der Waals surface area contributed by atoms with Gasteiger partial charge in [0, 0.05) is 17.4 Å². The molecule has 0 fully saturated rings. The molecule has 90 valence electrons. The van der Waals surface area contributed by atoms with Crippen molar-refractivity contribution in [1.29, 1.82) is 0 Å². The Morgan fingerprint density at radius 2 is 2.24 bits per heavy atom. The van der Waals surface area contributed by atoms with Crippen molar-refractivity contribution in [2.75, 3.05) is 6.54 Å². The monoisotopic (exact) mass is 250 g/mol. The van der Waals surface area contributed by atoms with Gasteiger partial charge in [-0.05, 0) is 31.5 Å². The maximum Gasteiger partial charge on any atom is 0.126 e. The number of hydrogen-bond donors (Lipinski definition) is 1. The van der Waals surface area contributed by atoms with Crippen LogP contribution in [-0.2, 0) is 6.42 Å². The van der Waals surface area contributed by atoms with E-state index in [2.05, 4.69) is 4.98 Å². The minimum Gasteiger partial charge on any atom is -0.330 e. The van der Waals surface area contributed by atoms with Gasteiger partial charge in [0.15, 0.2) is 0 Å². The maximum absolute atomic E-state index is 13.4. The Hall–Kier alpha value is -1.26. The van der Waals surface area contributed by atoms with Gasteiger partial charge in [-0.25, -0.2) is 9.37 Å². The molecule has 0 bridgehead atoms. The zero-order chi connectivity index (χ0) is 12.3. The van der Waals surface area contributed by atoms with Gasteiger partial charge >= 0.3 is 0 Å². The third-order valence-corrected chi connectivity index (χ3v) is 3.52. The van der Waals surface area contributed by atoms with Gasteiger partial charge < -0.3 is 5.73 Å². The van der Waals surface area contributed by atoms with Gasteiger partial charge in [-0.2, -0.15) is 0 Å². The van der Waals surface area contributed by atoms with Crippen LogP contribution in [0.4, 0.5) is 4.39 Å². The first-order chi connectivity index (χ1) is 8.20. The standard InChI is InChI=1S/C13H15FN2S/c1-9-4-5-10(7-11(9)14)12-8-17-13(16-12)3-2-6-15/h4-5,7-8H,2-3,6,15H2,1H3. The van der Waals surface area contributed by atoms with E-state index >= 15 is 0 Å². The van der Waals surface area contributed by atoms with Crippen LogP contribution in [0.5, 0.6) is 0 Å². The second kappa shape index (κ2) is 5.38. The first-order valence-electron chi connectivity index (χ1n) is 5.61. The quantitative estimate of drug-likeness (QED) is 0.905. The molecule has 0 amide bonds. The Morgan fingerprint density at radius 1 is 1.41 bits per heavy atom. The SMILES string of the molecule is Cc1ccc(-c2csc(CCCN)n2)cc1F. The largest absolute Gasteiger partial charge is 0.330 e. The predicted molar refractivity (Wildman–Crippen MR) is 69.6 cm³/mol. The minimum atomic E-state index is -0.181. The van der Waals surface area contributed by atoms with Crippen molar-refractivity contribution in [3.8, 4) is 11.3 Å². The fourth-order valence-corrected chi connectivity index (χ4v) is 2.41. The lowest BCUT2D eigenvalue weighted by atomic mass is 10.1. The number of nitrogens with two attached hydrogens (primary N) is 1. The molecule has 0 unspecified atom stereocenters. The lowest BCUT2D eigenvalue weighted by Crippen LogP contribution is -1.99. The summed E-state index contributed by atoms with van der Waals surface area (Å²) in [4.78, 5) is 4.49. The molecule has 1 aromatic heterocycles. The third-order valence-electron chi connectivity index (χ3n) is 2.61. The Labute approximate surface area is 104 Å². The number of aromatic nitrogens is 1. The molecule has 2 nitrogen and oxygen atoms in total. The first-order valence-corrected chi connectivity index (χ1v) is 6.49. The van der Waals surface area contributed by atoms with Crippen LogP contribution in [0.3, 0.4) is 0 Å². The number of rotatable bonds is 4. The summed E-state index contributed by atoms with van der Waals surface area (Å²) in [6.07, 6.45) is 1.84. The van der Waals surface area contributed by atoms with E-state index in [-0.39, 0.29) is 5.82 Å². The number of nitrogens with zero attached hydrogens (tertiary/aromatic N) is 1. The molecule has 0 aliphatic carbocycles. The second-order valence-corrected chi connectivity index (χ2v) is 4.93. The summed E-state index contributed by atoms with van der Waals surface area (Å²) in [7, 11) is 0. The topological polar surface area (TPSA) is 38.9 Å². The van der Waals surface area contributed by atoms with Crippen molar-refractivity contribution >= 4 is 11.3 Å². The van der Waals surface area contributed by atoms with E-state index in [0.717, 1.165) is 29.1 Å². The smallest absolute Gasteiger partial charge is 0.126 e. The van der Waals surface area contributed by atoms with Gasteiger partial charge in [0.2, 0.25) is 0 Å². The summed E-state index contributed by atoms with van der Waals surface area (Å²) in [5.41, 5.74) is 7.80. The maximum atomic E-state index is 13.4. The van der Waals surface area contributed by atoms with Crippen molar-refractivity contribution in [2.24, 2.45) is 5.73 Å². The molecule has 1 heterocycles. The fraction of sp³-hybridized carbons (Fsp3) is 0.308. The van der Waals surface area contributed by atoms with Gasteiger partial charge in [-0.1, -0.05) is 12.1 Å². The van der Waals surface area contributed by atoms with Crippen molar-refractivity contribution in [2.45, 2.75) is 19.8 Å². The Balaban J connectivity index is 2.21. The highest BCUT2D eigenvalue weighted by atomic mass is 32.1. The molecular formula is C13H15FN2S. The summed E-state index contributed by atoms with van der Waals surface area (Å²) in [5.74, 6) is -0.181. The van der Waals surface area contributed by atoms with Crippen LogP contribution < -0.4 is 5.73 Å². The van der Waals surface area contributed by atoms with Crippen LogP contribution >= 0.6 is 11.3 Å². The van der Waals surface area contributed by atoms with E-state index in [0.29, 0.717) is 12.1 Å². The molecule has 4 heteroatoms. The van der Waals surface area contributed by atoms with Crippen LogP contribution in [0.2, 0.25) is 0 Å². The predicted octanol–water partition coefficient (Wildman–Crippen LogP) is 3.15. The van der Waals surface area contributed by atoms with Gasteiger partial charge in [0.05, 0.1) is 10.7 Å². The van der Waals surface area contributed by atoms with Crippen LogP contribution in [0.1, 0.15) is 17.0 Å². The zero-order valence-electron chi connectivity index (χ0n) is 9.74. The molecule has 2 N–H and O–H groups in total. The van der Waals surface area contributed by atoms with Crippen LogP contribution in [0.15, 0.2) is 23.6 Å². The normalized spacial score (nSPS) is 10.8. The molecule has 0 atom stereocenters. The molecule has 2 aromatic rings. The Morgan fingerprint density at radius 3 is 2.94 bits per heavy atom. The summed E-state index contributed by atoms with van der Waals surface area (Å²) in [6, 6.07) is 5.22. The number of benzene rings is 1. The average molecular weight is 250 g/mol. The number of hydrogen-bond acceptors (Lipinski definition) is 3.